The van der Waals surface area contributed by atoms with E-state index < -0.39 is 0 Å². The monoisotopic (exact) mass is 304 g/mol. The minimum absolute atomic E-state index is 0.120. The first kappa shape index (κ1) is 16.8. The van der Waals surface area contributed by atoms with E-state index in [1.165, 1.54) is 5.56 Å². The lowest BCUT2D eigenvalue weighted by molar-refractivity contribution is 0.126. The summed E-state index contributed by atoms with van der Waals surface area (Å²) in [5, 5.41) is 15.6. The molecule has 1 aromatic carbocycles. The third-order valence-electron chi connectivity index (χ3n) is 4.46. The van der Waals surface area contributed by atoms with Gasteiger partial charge in [0.2, 0.25) is 0 Å². The molecule has 1 aliphatic rings. The summed E-state index contributed by atoms with van der Waals surface area (Å²) < 4.78 is 0. The number of carbonyl (C=O) groups excluding carboxylic acids is 1. The van der Waals surface area contributed by atoms with E-state index >= 15 is 0 Å². The van der Waals surface area contributed by atoms with Crippen LogP contribution in [0.1, 0.15) is 52.0 Å². The molecule has 1 unspecified atom stereocenters. The molecule has 1 saturated carbocycles. The van der Waals surface area contributed by atoms with Gasteiger partial charge in [0.25, 0.3) is 0 Å². The molecule has 0 aliphatic heterocycles. The topological polar surface area (TPSA) is 61.4 Å². The third-order valence-corrected chi connectivity index (χ3v) is 4.46. The average Bonchev–Trinajstić information content (AvgIpc) is 2.40. The van der Waals surface area contributed by atoms with Gasteiger partial charge in [-0.3, -0.25) is 0 Å². The van der Waals surface area contributed by atoms with E-state index in [2.05, 4.69) is 36.6 Å². The molecule has 0 saturated heterocycles. The first-order valence-electron chi connectivity index (χ1n) is 8.13. The highest BCUT2D eigenvalue weighted by Crippen LogP contribution is 2.41. The molecule has 0 heterocycles. The summed E-state index contributed by atoms with van der Waals surface area (Å²) in [5.41, 5.74) is 0.852. The van der Waals surface area contributed by atoms with E-state index in [-0.39, 0.29) is 23.1 Å². The standard InChI is InChI=1S/C18H28N2O2/c1-14(21)12-17(2,3)13-19-16(22)20-18(10-7-11-18)15-8-5-4-6-9-15/h4-6,8-9,14,21H,7,10-13H2,1-3H3,(H2,19,20,22). The SMILES string of the molecule is CC(O)CC(C)(C)CNC(=O)NC1(c2ccccc2)CCC1. The number of nitrogens with one attached hydrogen (secondary N) is 2. The van der Waals surface area contributed by atoms with Crippen LogP contribution >= 0.6 is 0 Å². The highest BCUT2D eigenvalue weighted by atomic mass is 16.3. The molecule has 22 heavy (non-hydrogen) atoms. The summed E-state index contributed by atoms with van der Waals surface area (Å²) in [4.78, 5) is 12.3. The van der Waals surface area contributed by atoms with Crippen LogP contribution in [0.2, 0.25) is 0 Å². The molecule has 2 amide bonds. The molecule has 1 atom stereocenters. The van der Waals surface area contributed by atoms with Crippen molar-refractivity contribution in [1.82, 2.24) is 10.6 Å². The average molecular weight is 304 g/mol. The Kier molecular flexibility index (Phi) is 5.12. The predicted molar refractivity (Wildman–Crippen MR) is 88.6 cm³/mol. The minimum atomic E-state index is -0.359. The Morgan fingerprint density at radius 2 is 1.95 bits per heavy atom. The Morgan fingerprint density at radius 3 is 2.45 bits per heavy atom. The zero-order valence-electron chi connectivity index (χ0n) is 13.9. The van der Waals surface area contributed by atoms with Crippen molar-refractivity contribution in [1.29, 1.82) is 0 Å². The Morgan fingerprint density at radius 1 is 1.32 bits per heavy atom. The summed E-state index contributed by atoms with van der Waals surface area (Å²) in [5.74, 6) is 0. The maximum absolute atomic E-state index is 12.3. The second kappa shape index (κ2) is 6.69. The lowest BCUT2D eigenvalue weighted by Crippen LogP contribution is -2.54. The Labute approximate surface area is 133 Å². The molecule has 0 bridgehead atoms. The molecule has 1 aromatic rings. The van der Waals surface area contributed by atoms with Crippen LogP contribution in [0.15, 0.2) is 30.3 Å². The zero-order valence-corrected chi connectivity index (χ0v) is 13.9. The minimum Gasteiger partial charge on any atom is -0.393 e. The second-order valence-corrected chi connectivity index (χ2v) is 7.33. The fourth-order valence-electron chi connectivity index (χ4n) is 3.23. The third kappa shape index (κ3) is 4.23. The number of rotatable bonds is 6. The summed E-state index contributed by atoms with van der Waals surface area (Å²) >= 11 is 0. The van der Waals surface area contributed by atoms with Gasteiger partial charge in [0.15, 0.2) is 0 Å². The van der Waals surface area contributed by atoms with Crippen LogP contribution in [0.3, 0.4) is 0 Å². The molecular formula is C18H28N2O2. The first-order valence-corrected chi connectivity index (χ1v) is 8.13. The molecule has 0 aromatic heterocycles. The van der Waals surface area contributed by atoms with Gasteiger partial charge < -0.3 is 15.7 Å². The van der Waals surface area contributed by atoms with Gasteiger partial charge in [0.1, 0.15) is 0 Å². The number of aliphatic hydroxyl groups excluding tert-OH is 1. The van der Waals surface area contributed by atoms with Gasteiger partial charge in [0.05, 0.1) is 11.6 Å². The van der Waals surface area contributed by atoms with Crippen molar-refractivity contribution in [3.63, 3.8) is 0 Å². The molecule has 2 rings (SSSR count). The molecule has 1 aliphatic carbocycles. The van der Waals surface area contributed by atoms with Crippen molar-refractivity contribution in [2.45, 2.75) is 58.1 Å². The van der Waals surface area contributed by atoms with Gasteiger partial charge in [-0.1, -0.05) is 44.2 Å². The van der Waals surface area contributed by atoms with Gasteiger partial charge >= 0.3 is 6.03 Å². The van der Waals surface area contributed by atoms with E-state index in [4.69, 9.17) is 0 Å². The highest BCUT2D eigenvalue weighted by Gasteiger charge is 2.40. The van der Waals surface area contributed by atoms with Crippen molar-refractivity contribution in [3.05, 3.63) is 35.9 Å². The summed E-state index contributed by atoms with van der Waals surface area (Å²) in [6.07, 6.45) is 3.42. The van der Waals surface area contributed by atoms with Crippen molar-refractivity contribution in [3.8, 4) is 0 Å². The molecular weight excluding hydrogens is 276 g/mol. The summed E-state index contributed by atoms with van der Waals surface area (Å²) in [7, 11) is 0. The zero-order chi connectivity index (χ0) is 16.2. The molecule has 3 N–H and O–H groups in total. The molecule has 0 spiro atoms. The molecule has 4 heteroatoms. The van der Waals surface area contributed by atoms with E-state index in [9.17, 15) is 9.90 Å². The van der Waals surface area contributed by atoms with E-state index in [1.54, 1.807) is 6.92 Å². The van der Waals surface area contributed by atoms with Crippen molar-refractivity contribution in [2.75, 3.05) is 6.54 Å². The van der Waals surface area contributed by atoms with E-state index in [0.717, 1.165) is 19.3 Å². The van der Waals surface area contributed by atoms with Crippen LogP contribution < -0.4 is 10.6 Å². The van der Waals surface area contributed by atoms with Crippen molar-refractivity contribution < 1.29 is 9.90 Å². The van der Waals surface area contributed by atoms with Gasteiger partial charge in [-0.15, -0.1) is 0 Å². The van der Waals surface area contributed by atoms with Gasteiger partial charge in [-0.2, -0.15) is 0 Å². The van der Waals surface area contributed by atoms with Crippen LogP contribution in [0, 0.1) is 5.41 Å². The fourth-order valence-corrected chi connectivity index (χ4v) is 3.23. The lowest BCUT2D eigenvalue weighted by Gasteiger charge is -2.43. The summed E-state index contributed by atoms with van der Waals surface area (Å²) in [6, 6.07) is 10.1. The number of urea groups is 1. The smallest absolute Gasteiger partial charge is 0.315 e. The Balaban J connectivity index is 1.91. The van der Waals surface area contributed by atoms with Crippen LogP contribution in [0.25, 0.3) is 0 Å². The molecule has 1 fully saturated rings. The quantitative estimate of drug-likeness (QED) is 0.756. The summed E-state index contributed by atoms with van der Waals surface area (Å²) in [6.45, 7) is 6.43. The number of hydrogen-bond acceptors (Lipinski definition) is 2. The van der Waals surface area contributed by atoms with Crippen LogP contribution in [0.4, 0.5) is 4.79 Å². The van der Waals surface area contributed by atoms with Crippen LogP contribution in [0.5, 0.6) is 0 Å². The van der Waals surface area contributed by atoms with Crippen molar-refractivity contribution >= 4 is 6.03 Å². The van der Waals surface area contributed by atoms with Gasteiger partial charge in [0, 0.05) is 6.54 Å². The second-order valence-electron chi connectivity index (χ2n) is 7.33. The maximum atomic E-state index is 12.3. The van der Waals surface area contributed by atoms with Gasteiger partial charge in [-0.25, -0.2) is 4.79 Å². The van der Waals surface area contributed by atoms with Crippen molar-refractivity contribution in [2.24, 2.45) is 5.41 Å². The Bertz CT molecular complexity index is 493. The maximum Gasteiger partial charge on any atom is 0.315 e. The molecule has 4 nitrogen and oxygen atoms in total. The molecule has 0 radical (unpaired) electrons. The molecule has 122 valence electrons. The first-order chi connectivity index (χ1) is 10.3. The normalized spacial score (nSPS) is 18.2. The highest BCUT2D eigenvalue weighted by molar-refractivity contribution is 5.75. The van der Waals surface area contributed by atoms with Gasteiger partial charge in [-0.05, 0) is 43.6 Å². The Hall–Kier alpha value is -1.55. The fraction of sp³-hybridized carbons (Fsp3) is 0.611. The number of carbonyl (C=O) groups is 1. The van der Waals surface area contributed by atoms with E-state index in [0.29, 0.717) is 13.0 Å². The van der Waals surface area contributed by atoms with E-state index in [1.807, 2.05) is 18.2 Å². The van der Waals surface area contributed by atoms with Crippen LogP contribution in [-0.2, 0) is 5.54 Å². The number of hydrogen-bond donors (Lipinski definition) is 3. The lowest BCUT2D eigenvalue weighted by atomic mass is 9.72. The van der Waals surface area contributed by atoms with Crippen LogP contribution in [-0.4, -0.2) is 23.8 Å². The number of aliphatic hydroxyl groups is 1. The predicted octanol–water partition coefficient (Wildman–Crippen LogP) is 3.16. The number of amides is 2. The number of benzene rings is 1. The largest absolute Gasteiger partial charge is 0.393 e.